The predicted octanol–water partition coefficient (Wildman–Crippen LogP) is 7.84. The Balaban J connectivity index is 1.91. The molecule has 0 aliphatic carbocycles. The van der Waals surface area contributed by atoms with E-state index in [2.05, 4.69) is 6.07 Å². The third-order valence-corrected chi connectivity index (χ3v) is 7.57. The number of aliphatic hydroxyl groups is 1. The van der Waals surface area contributed by atoms with Crippen LogP contribution in [0, 0.1) is 13.8 Å². The molecule has 0 unspecified atom stereocenters. The number of ether oxygens (including phenoxy) is 2. The van der Waals surface area contributed by atoms with Crippen LogP contribution in [0.25, 0.3) is 6.08 Å². The number of alkyl halides is 6. The molecule has 0 spiro atoms. The number of rotatable bonds is 9. The number of hydrogen-bond acceptors (Lipinski definition) is 3. The fourth-order valence-electron chi connectivity index (χ4n) is 5.02. The average Bonchev–Trinajstić information content (AvgIpc) is 3.36. The van der Waals surface area contributed by atoms with Gasteiger partial charge >= 0.3 is 12.4 Å². The van der Waals surface area contributed by atoms with E-state index in [9.17, 15) is 31.4 Å². The van der Waals surface area contributed by atoms with Crippen molar-refractivity contribution in [3.8, 4) is 5.75 Å². The van der Waals surface area contributed by atoms with E-state index in [1.165, 1.54) is 6.07 Å². The second-order valence-corrected chi connectivity index (χ2v) is 9.88. The van der Waals surface area contributed by atoms with Gasteiger partial charge in [0.05, 0.1) is 6.10 Å². The average molecular weight is 545 g/mol. The van der Waals surface area contributed by atoms with Gasteiger partial charge in [0, 0.05) is 12.0 Å². The summed E-state index contributed by atoms with van der Waals surface area (Å²) < 4.78 is 89.9. The van der Waals surface area contributed by atoms with Gasteiger partial charge in [-0.15, -0.1) is 0 Å². The predicted molar refractivity (Wildman–Crippen MR) is 134 cm³/mol. The summed E-state index contributed by atoms with van der Waals surface area (Å²) in [6, 6.07) is 11.0. The largest absolute Gasteiger partial charge is 0.491 e. The Labute approximate surface area is 219 Å². The number of benzene rings is 2. The summed E-state index contributed by atoms with van der Waals surface area (Å²) >= 11 is 0. The van der Waals surface area contributed by atoms with Gasteiger partial charge in [-0.3, -0.25) is 0 Å². The molecule has 1 N–H and O–H groups in total. The van der Waals surface area contributed by atoms with E-state index >= 15 is 0 Å². The number of halogens is 6. The van der Waals surface area contributed by atoms with Gasteiger partial charge in [-0.1, -0.05) is 50.3 Å². The van der Waals surface area contributed by atoms with Crippen molar-refractivity contribution in [2.24, 2.45) is 0 Å². The molecule has 0 bridgehead atoms. The van der Waals surface area contributed by atoms with Gasteiger partial charge in [-0.25, -0.2) is 0 Å². The van der Waals surface area contributed by atoms with Crippen LogP contribution in [0.15, 0.2) is 42.5 Å². The Kier molecular flexibility index (Phi) is 8.93. The fraction of sp³-hybridized carbons (Fsp3) is 0.517. The highest BCUT2D eigenvalue weighted by molar-refractivity contribution is 5.57. The van der Waals surface area contributed by atoms with E-state index in [-0.39, 0.29) is 17.7 Å². The molecule has 1 aliphatic heterocycles. The lowest BCUT2D eigenvalue weighted by Gasteiger charge is -2.34. The third-order valence-electron chi connectivity index (χ3n) is 7.57. The molecule has 0 amide bonds. The van der Waals surface area contributed by atoms with Crippen molar-refractivity contribution in [1.82, 2.24) is 0 Å². The molecule has 9 heteroatoms. The molecule has 3 rings (SSSR count). The molecule has 210 valence electrons. The smallest absolute Gasteiger partial charge is 0.430 e. The summed E-state index contributed by atoms with van der Waals surface area (Å²) in [6.45, 7) is 8.89. The van der Waals surface area contributed by atoms with Crippen molar-refractivity contribution in [2.45, 2.75) is 82.9 Å². The number of hydrogen-bond donors (Lipinski definition) is 1. The molecule has 1 atom stereocenters. The van der Waals surface area contributed by atoms with Crippen molar-refractivity contribution in [2.75, 3.05) is 13.2 Å². The zero-order valence-corrected chi connectivity index (χ0v) is 22.0. The van der Waals surface area contributed by atoms with Gasteiger partial charge in [0.1, 0.15) is 12.4 Å². The van der Waals surface area contributed by atoms with Crippen LogP contribution >= 0.6 is 0 Å². The van der Waals surface area contributed by atoms with E-state index < -0.39 is 23.4 Å². The lowest BCUT2D eigenvalue weighted by molar-refractivity contribution is -0.347. The van der Waals surface area contributed by atoms with Crippen molar-refractivity contribution < 1.29 is 40.9 Å². The summed E-state index contributed by atoms with van der Waals surface area (Å²) in [7, 11) is 0. The molecule has 2 aromatic rings. The van der Waals surface area contributed by atoms with Crippen LogP contribution in [0.1, 0.15) is 67.3 Å². The van der Waals surface area contributed by atoms with Crippen LogP contribution in [0.5, 0.6) is 5.75 Å². The quantitative estimate of drug-likeness (QED) is 0.327. The zero-order chi connectivity index (χ0) is 28.4. The van der Waals surface area contributed by atoms with Crippen molar-refractivity contribution in [3.63, 3.8) is 0 Å². The first-order chi connectivity index (χ1) is 17.7. The standard InChI is InChI=1S/C29H34F6O3/c1-5-26(6-2,23-11-12-25(20(4)17-23)38-18-24-8-7-15-37-24)22-10-9-21(19(3)16-22)13-14-27(36,28(30,31)32)29(33,34)35/h9-14,16-17,24,36H,5-8,15,18H2,1-4H3/b14-13+/t24-/m0/s1. The van der Waals surface area contributed by atoms with Crippen LogP contribution < -0.4 is 4.74 Å². The van der Waals surface area contributed by atoms with E-state index in [1.54, 1.807) is 19.1 Å². The maximum atomic E-state index is 13.1. The summed E-state index contributed by atoms with van der Waals surface area (Å²) in [5.41, 5.74) is -1.83. The first-order valence-electron chi connectivity index (χ1n) is 12.7. The van der Waals surface area contributed by atoms with E-state index in [0.29, 0.717) is 18.2 Å². The molecule has 0 radical (unpaired) electrons. The Morgan fingerprint density at radius 3 is 1.97 bits per heavy atom. The van der Waals surface area contributed by atoms with Gasteiger partial charge in [0.25, 0.3) is 5.60 Å². The minimum absolute atomic E-state index is 0.0956. The molecule has 1 fully saturated rings. The van der Waals surface area contributed by atoms with Crippen LogP contribution in [-0.4, -0.2) is 42.4 Å². The molecule has 1 heterocycles. The first-order valence-corrected chi connectivity index (χ1v) is 12.7. The Bertz CT molecular complexity index is 1110. The van der Waals surface area contributed by atoms with Crippen LogP contribution in [0.4, 0.5) is 26.3 Å². The molecular formula is C29H34F6O3. The second kappa shape index (κ2) is 11.3. The van der Waals surface area contributed by atoms with Crippen LogP contribution in [0.3, 0.4) is 0 Å². The van der Waals surface area contributed by atoms with Gasteiger partial charge in [0.2, 0.25) is 0 Å². The Morgan fingerprint density at radius 2 is 1.50 bits per heavy atom. The topological polar surface area (TPSA) is 38.7 Å². The molecule has 0 saturated carbocycles. The van der Waals surface area contributed by atoms with Gasteiger partial charge in [-0.05, 0) is 79.5 Å². The normalized spacial score (nSPS) is 17.4. The second-order valence-electron chi connectivity index (χ2n) is 9.88. The maximum absolute atomic E-state index is 13.1. The van der Waals surface area contributed by atoms with E-state index in [4.69, 9.17) is 9.47 Å². The van der Waals surface area contributed by atoms with Gasteiger partial charge in [-0.2, -0.15) is 26.3 Å². The SMILES string of the molecule is CCC(CC)(c1ccc(/C=C/C(O)(C(F)(F)F)C(F)(F)F)c(C)c1)c1ccc(OC[C@@H]2CCCO2)c(C)c1. The molecule has 38 heavy (non-hydrogen) atoms. The molecule has 1 aliphatic rings. The highest BCUT2D eigenvalue weighted by Crippen LogP contribution is 2.45. The maximum Gasteiger partial charge on any atom is 0.430 e. The van der Waals surface area contributed by atoms with E-state index in [1.807, 2.05) is 32.9 Å². The zero-order valence-electron chi connectivity index (χ0n) is 22.0. The molecule has 3 nitrogen and oxygen atoms in total. The first kappa shape index (κ1) is 30.0. The third kappa shape index (κ3) is 5.88. The minimum Gasteiger partial charge on any atom is -0.491 e. The van der Waals surface area contributed by atoms with Gasteiger partial charge in [0.15, 0.2) is 0 Å². The fourth-order valence-corrected chi connectivity index (χ4v) is 5.02. The van der Waals surface area contributed by atoms with Crippen molar-refractivity contribution >= 4 is 6.08 Å². The minimum atomic E-state index is -5.91. The monoisotopic (exact) mass is 544 g/mol. The van der Waals surface area contributed by atoms with Crippen LogP contribution in [-0.2, 0) is 10.2 Å². The van der Waals surface area contributed by atoms with Crippen molar-refractivity contribution in [1.29, 1.82) is 0 Å². The molecule has 2 aromatic carbocycles. The highest BCUT2D eigenvalue weighted by atomic mass is 19.4. The Morgan fingerprint density at radius 1 is 0.921 bits per heavy atom. The summed E-state index contributed by atoms with van der Waals surface area (Å²) in [5.74, 6) is 0.767. The lowest BCUT2D eigenvalue weighted by Crippen LogP contribution is -2.55. The van der Waals surface area contributed by atoms with Gasteiger partial charge < -0.3 is 14.6 Å². The van der Waals surface area contributed by atoms with Crippen LogP contribution in [0.2, 0.25) is 0 Å². The highest BCUT2D eigenvalue weighted by Gasteiger charge is 2.68. The van der Waals surface area contributed by atoms with Crippen molar-refractivity contribution in [3.05, 3.63) is 70.3 Å². The molecule has 0 aromatic heterocycles. The summed E-state index contributed by atoms with van der Waals surface area (Å²) in [5, 5.41) is 9.44. The van der Waals surface area contributed by atoms with E-state index in [0.717, 1.165) is 54.7 Å². The number of aryl methyl sites for hydroxylation is 2. The molecule has 1 saturated heterocycles. The Hall–Kier alpha value is -2.52. The summed E-state index contributed by atoms with van der Waals surface area (Å²) in [4.78, 5) is 0. The summed E-state index contributed by atoms with van der Waals surface area (Å²) in [6.07, 6.45) is -7.85. The molecular weight excluding hydrogens is 510 g/mol. The lowest BCUT2D eigenvalue weighted by atomic mass is 9.70.